The van der Waals surface area contributed by atoms with Crippen LogP contribution in [0, 0.1) is 0 Å². The van der Waals surface area contributed by atoms with Crippen LogP contribution < -0.4 is 10.2 Å². The fourth-order valence-electron chi connectivity index (χ4n) is 2.86. The first-order chi connectivity index (χ1) is 13.7. The summed E-state index contributed by atoms with van der Waals surface area (Å²) in [5.41, 5.74) is 2.56. The average molecular weight is 399 g/mol. The second-order valence-electron chi connectivity index (χ2n) is 7.93. The van der Waals surface area contributed by atoms with E-state index in [1.54, 1.807) is 20.8 Å². The Balaban J connectivity index is 2.02. The van der Waals surface area contributed by atoms with E-state index in [9.17, 15) is 9.59 Å². The van der Waals surface area contributed by atoms with Gasteiger partial charge in [0.25, 0.3) is 0 Å². The van der Waals surface area contributed by atoms with Crippen molar-refractivity contribution in [3.8, 4) is 0 Å². The molecule has 2 rings (SSSR count). The molecule has 29 heavy (non-hydrogen) atoms. The number of anilines is 1. The van der Waals surface area contributed by atoms with Crippen molar-refractivity contribution in [3.63, 3.8) is 0 Å². The van der Waals surface area contributed by atoms with Crippen molar-refractivity contribution in [1.82, 2.24) is 5.32 Å². The van der Waals surface area contributed by atoms with Gasteiger partial charge in [-0.1, -0.05) is 42.5 Å². The van der Waals surface area contributed by atoms with Crippen LogP contribution >= 0.6 is 0 Å². The number of alkyl carbamates (subject to hydrolysis) is 1. The zero-order valence-electron chi connectivity index (χ0n) is 17.8. The normalized spacial score (nSPS) is 12.0. The number of hydrogen-bond acceptors (Lipinski definition) is 5. The molecule has 2 aromatic rings. The smallest absolute Gasteiger partial charge is 0.408 e. The van der Waals surface area contributed by atoms with Gasteiger partial charge >= 0.3 is 12.1 Å². The summed E-state index contributed by atoms with van der Waals surface area (Å²) in [7, 11) is 3.33. The van der Waals surface area contributed by atoms with E-state index in [-0.39, 0.29) is 0 Å². The number of carbonyl (C=O) groups is 2. The molecule has 0 heterocycles. The third-order valence-electron chi connectivity index (χ3n) is 4.26. The molecule has 6 heteroatoms. The van der Waals surface area contributed by atoms with E-state index < -0.39 is 23.7 Å². The number of carbonyl (C=O) groups excluding carboxylic acids is 2. The number of nitrogens with zero attached hydrogens (tertiary/aromatic N) is 1. The topological polar surface area (TPSA) is 67.9 Å². The molecule has 0 aliphatic carbocycles. The third kappa shape index (κ3) is 7.49. The van der Waals surface area contributed by atoms with Gasteiger partial charge in [-0.2, -0.15) is 0 Å². The van der Waals surface area contributed by atoms with Crippen molar-refractivity contribution >= 4 is 17.7 Å². The Morgan fingerprint density at radius 3 is 2.17 bits per heavy atom. The molecular formula is C23H30N2O4. The number of rotatable bonds is 7. The molecule has 0 spiro atoms. The lowest BCUT2D eigenvalue weighted by atomic mass is 10.1. The van der Waals surface area contributed by atoms with Crippen molar-refractivity contribution in [2.75, 3.05) is 19.1 Å². The Morgan fingerprint density at radius 1 is 1.00 bits per heavy atom. The summed E-state index contributed by atoms with van der Waals surface area (Å²) in [5, 5.41) is 2.60. The fraction of sp³-hybridized carbons (Fsp3) is 0.391. The first-order valence-corrected chi connectivity index (χ1v) is 9.59. The van der Waals surface area contributed by atoms with Crippen molar-refractivity contribution in [1.29, 1.82) is 0 Å². The van der Waals surface area contributed by atoms with Crippen LogP contribution in [0.25, 0.3) is 0 Å². The molecule has 1 amide bonds. The van der Waals surface area contributed by atoms with Gasteiger partial charge in [-0.3, -0.25) is 0 Å². The van der Waals surface area contributed by atoms with Crippen LogP contribution in [-0.4, -0.2) is 37.9 Å². The first-order valence-electron chi connectivity index (χ1n) is 9.59. The lowest BCUT2D eigenvalue weighted by Gasteiger charge is -2.23. The largest absolute Gasteiger partial charge is 0.467 e. The highest BCUT2D eigenvalue weighted by Gasteiger charge is 2.25. The summed E-state index contributed by atoms with van der Waals surface area (Å²) in [6.45, 7) is 6.10. The van der Waals surface area contributed by atoms with Gasteiger partial charge in [-0.05, 0) is 44.0 Å². The second-order valence-corrected chi connectivity index (χ2v) is 7.93. The summed E-state index contributed by atoms with van der Waals surface area (Å²) in [5.74, 6) is -0.513. The number of nitrogens with one attached hydrogen (secondary N) is 1. The number of ether oxygens (including phenoxy) is 2. The predicted molar refractivity (Wildman–Crippen MR) is 114 cm³/mol. The maximum Gasteiger partial charge on any atom is 0.408 e. The van der Waals surface area contributed by atoms with Crippen molar-refractivity contribution in [2.24, 2.45) is 0 Å². The Bertz CT molecular complexity index is 798. The summed E-state index contributed by atoms with van der Waals surface area (Å²) >= 11 is 0. The number of benzene rings is 2. The summed E-state index contributed by atoms with van der Waals surface area (Å²) in [6, 6.07) is 17.3. The van der Waals surface area contributed by atoms with Gasteiger partial charge in [-0.15, -0.1) is 0 Å². The molecule has 0 saturated carbocycles. The van der Waals surface area contributed by atoms with Crippen LogP contribution in [0.5, 0.6) is 0 Å². The zero-order valence-corrected chi connectivity index (χ0v) is 17.8. The monoisotopic (exact) mass is 398 g/mol. The highest BCUT2D eigenvalue weighted by molar-refractivity contribution is 5.81. The Labute approximate surface area is 172 Å². The highest BCUT2D eigenvalue weighted by atomic mass is 16.6. The summed E-state index contributed by atoms with van der Waals surface area (Å²) in [4.78, 5) is 26.3. The maximum atomic E-state index is 12.1. The minimum atomic E-state index is -0.817. The number of methoxy groups -OCH3 is 1. The van der Waals surface area contributed by atoms with Crippen LogP contribution in [0.4, 0.5) is 10.5 Å². The van der Waals surface area contributed by atoms with Gasteiger partial charge in [0, 0.05) is 25.7 Å². The second kappa shape index (κ2) is 9.96. The molecule has 6 nitrogen and oxygen atoms in total. The molecule has 2 aromatic carbocycles. The Kier molecular flexibility index (Phi) is 7.65. The van der Waals surface area contributed by atoms with Crippen molar-refractivity contribution in [2.45, 2.75) is 45.4 Å². The van der Waals surface area contributed by atoms with Crippen LogP contribution in [0.2, 0.25) is 0 Å². The Hall–Kier alpha value is -3.02. The Morgan fingerprint density at radius 2 is 1.62 bits per heavy atom. The molecule has 1 N–H and O–H groups in total. The van der Waals surface area contributed by atoms with Gasteiger partial charge in [-0.25, -0.2) is 9.59 Å². The lowest BCUT2D eigenvalue weighted by Crippen LogP contribution is -2.45. The third-order valence-corrected chi connectivity index (χ3v) is 4.26. The molecule has 0 radical (unpaired) electrons. The quantitative estimate of drug-likeness (QED) is 0.716. The van der Waals surface area contributed by atoms with E-state index >= 15 is 0 Å². The molecular weight excluding hydrogens is 368 g/mol. The van der Waals surface area contributed by atoms with E-state index in [4.69, 9.17) is 9.47 Å². The van der Waals surface area contributed by atoms with Crippen molar-refractivity contribution in [3.05, 3.63) is 65.7 Å². The molecule has 0 fully saturated rings. The van der Waals surface area contributed by atoms with Gasteiger partial charge in [0.1, 0.15) is 11.6 Å². The van der Waals surface area contributed by atoms with Crippen LogP contribution in [0.1, 0.15) is 31.9 Å². The van der Waals surface area contributed by atoms with Gasteiger partial charge in [0.15, 0.2) is 0 Å². The van der Waals surface area contributed by atoms with Crippen LogP contribution in [0.15, 0.2) is 54.6 Å². The van der Waals surface area contributed by atoms with E-state index in [1.165, 1.54) is 12.7 Å². The standard InChI is InChI=1S/C23H30N2O4/c1-23(2,3)29-22(27)24-20(21(26)28-5)15-17-11-13-19(14-12-17)25(4)16-18-9-7-6-8-10-18/h6-14,20H,15-16H2,1-5H3,(H,24,27). The molecule has 0 aliphatic rings. The predicted octanol–water partition coefficient (Wildman–Crippen LogP) is 3.93. The SMILES string of the molecule is COC(=O)C(Cc1ccc(N(C)Cc2ccccc2)cc1)NC(=O)OC(C)(C)C. The molecule has 1 unspecified atom stereocenters. The van der Waals surface area contributed by atoms with E-state index in [0.717, 1.165) is 17.8 Å². The highest BCUT2D eigenvalue weighted by Crippen LogP contribution is 2.18. The van der Waals surface area contributed by atoms with E-state index in [1.807, 2.05) is 49.5 Å². The molecule has 0 aromatic heterocycles. The minimum Gasteiger partial charge on any atom is -0.467 e. The van der Waals surface area contributed by atoms with Crippen molar-refractivity contribution < 1.29 is 19.1 Å². The van der Waals surface area contributed by atoms with E-state index in [0.29, 0.717) is 6.42 Å². The van der Waals surface area contributed by atoms with Gasteiger partial charge < -0.3 is 19.7 Å². The minimum absolute atomic E-state index is 0.314. The van der Waals surface area contributed by atoms with Crippen LogP contribution in [0.3, 0.4) is 0 Å². The number of esters is 1. The summed E-state index contributed by atoms with van der Waals surface area (Å²) < 4.78 is 10.1. The van der Waals surface area contributed by atoms with Crippen LogP contribution in [-0.2, 0) is 27.2 Å². The fourth-order valence-corrected chi connectivity index (χ4v) is 2.86. The molecule has 156 valence electrons. The number of hydrogen-bond donors (Lipinski definition) is 1. The molecule has 0 bridgehead atoms. The van der Waals surface area contributed by atoms with Gasteiger partial charge in [0.05, 0.1) is 7.11 Å². The zero-order chi connectivity index (χ0) is 21.4. The maximum absolute atomic E-state index is 12.1. The molecule has 1 atom stereocenters. The molecule has 0 aliphatic heterocycles. The van der Waals surface area contributed by atoms with Gasteiger partial charge in [0.2, 0.25) is 0 Å². The lowest BCUT2D eigenvalue weighted by molar-refractivity contribution is -0.143. The first kappa shape index (κ1) is 22.3. The van der Waals surface area contributed by atoms with E-state index in [2.05, 4.69) is 22.3 Å². The molecule has 0 saturated heterocycles. The summed E-state index contributed by atoms with van der Waals surface area (Å²) in [6.07, 6.45) is -0.332. The number of amides is 1. The average Bonchev–Trinajstić information content (AvgIpc) is 2.66.